The number of benzene rings is 2. The fraction of sp³-hybridized carbons (Fsp3) is 0.273. The summed E-state index contributed by atoms with van der Waals surface area (Å²) < 4.78 is 0. The Morgan fingerprint density at radius 3 is 2.62 bits per heavy atom. The molecule has 2 N–H and O–H groups in total. The van der Waals surface area contributed by atoms with E-state index in [1.54, 1.807) is 0 Å². The highest BCUT2D eigenvalue weighted by Crippen LogP contribution is 2.31. The van der Waals surface area contributed by atoms with E-state index in [0.717, 1.165) is 47.2 Å². The Hall–Kier alpha value is -3.53. The number of hydrogen-bond donors (Lipinski definition) is 1. The van der Waals surface area contributed by atoms with Crippen molar-refractivity contribution in [2.24, 2.45) is 15.9 Å². The molecule has 2 aromatic carbocycles. The van der Waals surface area contributed by atoms with E-state index in [4.69, 9.17) is 5.73 Å². The molecule has 1 aliphatic heterocycles. The lowest BCUT2D eigenvalue weighted by Gasteiger charge is -2.14. The number of carbonyl (C=O) groups excluding carboxylic acids is 2. The van der Waals surface area contributed by atoms with Crippen molar-refractivity contribution in [2.45, 2.75) is 37.9 Å². The standard InChI is InChI=1S/C22H23N5O4S/c1-2-3-12-18(15-8-5-4-6-9-15)24-25-22(23)32-19-14-20(28)26(21(19)29)16-10-7-11-17(13-16)27(30)31/h4-11,13,19H,2-3,12,14H2,1H3,(H2,23,25)/b24-18-/t19-/m0/s1. The molecule has 9 nitrogen and oxygen atoms in total. The summed E-state index contributed by atoms with van der Waals surface area (Å²) in [7, 11) is 0. The van der Waals surface area contributed by atoms with Gasteiger partial charge in [-0.2, -0.15) is 5.10 Å². The molecule has 0 aliphatic carbocycles. The largest absolute Gasteiger partial charge is 0.377 e. The summed E-state index contributed by atoms with van der Waals surface area (Å²) in [4.78, 5) is 36.6. The van der Waals surface area contributed by atoms with Gasteiger partial charge in [-0.3, -0.25) is 19.7 Å². The Balaban J connectivity index is 1.75. The number of nitrogens with zero attached hydrogens (tertiary/aromatic N) is 4. The van der Waals surface area contributed by atoms with Crippen LogP contribution in [0, 0.1) is 10.1 Å². The van der Waals surface area contributed by atoms with E-state index in [1.807, 2.05) is 30.3 Å². The molecular weight excluding hydrogens is 430 g/mol. The van der Waals surface area contributed by atoms with E-state index in [1.165, 1.54) is 24.3 Å². The number of nitro benzene ring substituents is 1. The van der Waals surface area contributed by atoms with Crippen molar-refractivity contribution in [3.8, 4) is 0 Å². The Morgan fingerprint density at radius 2 is 1.94 bits per heavy atom. The first kappa shape index (κ1) is 23.1. The van der Waals surface area contributed by atoms with Gasteiger partial charge in [0.25, 0.3) is 5.69 Å². The zero-order chi connectivity index (χ0) is 23.1. The third-order valence-electron chi connectivity index (χ3n) is 4.81. The minimum Gasteiger partial charge on any atom is -0.377 e. The van der Waals surface area contributed by atoms with Crippen LogP contribution in [-0.4, -0.2) is 32.9 Å². The second kappa shape index (κ2) is 10.7. The molecule has 10 heteroatoms. The first-order valence-corrected chi connectivity index (χ1v) is 11.0. The van der Waals surface area contributed by atoms with Gasteiger partial charge in [0.15, 0.2) is 5.17 Å². The van der Waals surface area contributed by atoms with Gasteiger partial charge in [-0.05, 0) is 24.5 Å². The summed E-state index contributed by atoms with van der Waals surface area (Å²) in [5.74, 6) is -0.936. The summed E-state index contributed by atoms with van der Waals surface area (Å²) >= 11 is 0.964. The van der Waals surface area contributed by atoms with Crippen LogP contribution in [0.15, 0.2) is 64.8 Å². The van der Waals surface area contributed by atoms with Crippen molar-refractivity contribution in [1.29, 1.82) is 0 Å². The fourth-order valence-electron chi connectivity index (χ4n) is 3.22. The Kier molecular flexibility index (Phi) is 7.72. The van der Waals surface area contributed by atoms with E-state index in [-0.39, 0.29) is 23.0 Å². The van der Waals surface area contributed by atoms with Crippen LogP contribution in [0.25, 0.3) is 0 Å². The number of amidine groups is 1. The topological polar surface area (TPSA) is 131 Å². The molecule has 3 rings (SSSR count). The van der Waals surface area contributed by atoms with Crippen molar-refractivity contribution < 1.29 is 14.5 Å². The monoisotopic (exact) mass is 453 g/mol. The molecule has 0 spiro atoms. The van der Waals surface area contributed by atoms with Crippen LogP contribution < -0.4 is 10.6 Å². The third-order valence-corrected chi connectivity index (χ3v) is 5.79. The molecule has 0 bridgehead atoms. The van der Waals surface area contributed by atoms with Gasteiger partial charge in [-0.25, -0.2) is 4.90 Å². The lowest BCUT2D eigenvalue weighted by atomic mass is 10.1. The Morgan fingerprint density at radius 1 is 1.19 bits per heavy atom. The predicted octanol–water partition coefficient (Wildman–Crippen LogP) is 3.87. The average Bonchev–Trinajstić information content (AvgIpc) is 3.07. The van der Waals surface area contributed by atoms with Crippen LogP contribution in [-0.2, 0) is 9.59 Å². The maximum Gasteiger partial charge on any atom is 0.271 e. The smallest absolute Gasteiger partial charge is 0.271 e. The normalized spacial score (nSPS) is 17.2. The SMILES string of the molecule is CCCC/C(=N/N=C(N)S[C@H]1CC(=O)N(c2cccc([N+](=O)[O-])c2)C1=O)c1ccccc1. The molecule has 166 valence electrons. The second-order valence-corrected chi connectivity index (χ2v) is 8.33. The summed E-state index contributed by atoms with van der Waals surface area (Å²) in [6.45, 7) is 2.09. The molecule has 1 heterocycles. The van der Waals surface area contributed by atoms with Gasteiger partial charge in [0.2, 0.25) is 11.8 Å². The highest BCUT2D eigenvalue weighted by Gasteiger charge is 2.41. The Bertz CT molecular complexity index is 1070. The molecule has 2 amide bonds. The molecule has 1 atom stereocenters. The van der Waals surface area contributed by atoms with Crippen LogP contribution in [0.1, 0.15) is 38.2 Å². The highest BCUT2D eigenvalue weighted by molar-refractivity contribution is 8.14. The summed E-state index contributed by atoms with van der Waals surface area (Å²) in [5, 5.41) is 18.7. The van der Waals surface area contributed by atoms with Gasteiger partial charge in [0, 0.05) is 18.6 Å². The fourth-order valence-corrected chi connectivity index (χ4v) is 4.03. The number of carbonyl (C=O) groups is 2. The first-order valence-electron chi connectivity index (χ1n) is 10.1. The van der Waals surface area contributed by atoms with E-state index in [9.17, 15) is 19.7 Å². The number of hydrogen-bond acceptors (Lipinski definition) is 7. The van der Waals surface area contributed by atoms with Crippen molar-refractivity contribution in [2.75, 3.05) is 4.90 Å². The van der Waals surface area contributed by atoms with Gasteiger partial charge >= 0.3 is 0 Å². The number of imide groups is 1. The maximum absolute atomic E-state index is 12.8. The van der Waals surface area contributed by atoms with Crippen molar-refractivity contribution in [1.82, 2.24) is 0 Å². The molecule has 1 fully saturated rings. The van der Waals surface area contributed by atoms with E-state index >= 15 is 0 Å². The number of nitro groups is 1. The van der Waals surface area contributed by atoms with Crippen molar-refractivity contribution >= 4 is 45.8 Å². The number of rotatable bonds is 8. The van der Waals surface area contributed by atoms with E-state index < -0.39 is 22.0 Å². The van der Waals surface area contributed by atoms with Gasteiger partial charge in [0.1, 0.15) is 5.25 Å². The summed E-state index contributed by atoms with van der Waals surface area (Å²) in [6.07, 6.45) is 2.62. The van der Waals surface area contributed by atoms with Crippen LogP contribution in [0.4, 0.5) is 11.4 Å². The highest BCUT2D eigenvalue weighted by atomic mass is 32.2. The Labute approximate surface area is 189 Å². The molecule has 1 saturated heterocycles. The molecule has 0 saturated carbocycles. The molecule has 32 heavy (non-hydrogen) atoms. The third kappa shape index (κ3) is 5.58. The zero-order valence-corrected chi connectivity index (χ0v) is 18.3. The quantitative estimate of drug-likeness (QED) is 0.212. The van der Waals surface area contributed by atoms with Crippen LogP contribution in [0.2, 0.25) is 0 Å². The van der Waals surface area contributed by atoms with Crippen molar-refractivity contribution in [3.63, 3.8) is 0 Å². The minimum atomic E-state index is -0.767. The number of non-ortho nitro benzene ring substituents is 1. The van der Waals surface area contributed by atoms with E-state index in [0.29, 0.717) is 0 Å². The number of nitrogens with two attached hydrogens (primary N) is 1. The van der Waals surface area contributed by atoms with Crippen LogP contribution in [0.5, 0.6) is 0 Å². The molecule has 0 radical (unpaired) electrons. The van der Waals surface area contributed by atoms with Crippen LogP contribution >= 0.6 is 11.8 Å². The molecule has 0 unspecified atom stereocenters. The molecule has 1 aliphatic rings. The van der Waals surface area contributed by atoms with Gasteiger partial charge in [0.05, 0.1) is 16.3 Å². The maximum atomic E-state index is 12.8. The average molecular weight is 454 g/mol. The predicted molar refractivity (Wildman–Crippen MR) is 126 cm³/mol. The number of anilines is 1. The van der Waals surface area contributed by atoms with Crippen molar-refractivity contribution in [3.05, 3.63) is 70.3 Å². The second-order valence-electron chi connectivity index (χ2n) is 7.11. The lowest BCUT2D eigenvalue weighted by Crippen LogP contribution is -2.31. The molecule has 2 aromatic rings. The molecule has 0 aromatic heterocycles. The summed E-state index contributed by atoms with van der Waals surface area (Å²) in [5.41, 5.74) is 7.71. The van der Waals surface area contributed by atoms with E-state index in [2.05, 4.69) is 17.1 Å². The first-order chi connectivity index (χ1) is 15.4. The summed E-state index contributed by atoms with van der Waals surface area (Å²) in [6, 6.07) is 15.1. The number of thioether (sulfide) groups is 1. The van der Waals surface area contributed by atoms with Gasteiger partial charge < -0.3 is 5.73 Å². The van der Waals surface area contributed by atoms with Gasteiger partial charge in [-0.1, -0.05) is 61.5 Å². The minimum absolute atomic E-state index is 0.0713. The molecular formula is C22H23N5O4S. The zero-order valence-electron chi connectivity index (χ0n) is 17.5. The number of unbranched alkanes of at least 4 members (excludes halogenated alkanes) is 1. The lowest BCUT2D eigenvalue weighted by molar-refractivity contribution is -0.384. The number of amides is 2. The van der Waals surface area contributed by atoms with Crippen LogP contribution in [0.3, 0.4) is 0 Å². The van der Waals surface area contributed by atoms with Gasteiger partial charge in [-0.15, -0.1) is 5.10 Å².